The lowest BCUT2D eigenvalue weighted by molar-refractivity contribution is -0.116. The summed E-state index contributed by atoms with van der Waals surface area (Å²) in [6, 6.07) is 17.5. The summed E-state index contributed by atoms with van der Waals surface area (Å²) < 4.78 is 38.3. The average molecular weight is 493 g/mol. The third-order valence-electron chi connectivity index (χ3n) is 4.68. The largest absolute Gasteiger partial charge is 0.454 e. The van der Waals surface area contributed by atoms with Gasteiger partial charge in [0.15, 0.2) is 11.5 Å². The van der Waals surface area contributed by atoms with E-state index in [2.05, 4.69) is 5.32 Å². The Labute approximate surface area is 195 Å². The summed E-state index contributed by atoms with van der Waals surface area (Å²) in [5, 5.41) is 3.58. The molecule has 32 heavy (non-hydrogen) atoms. The Kier molecular flexibility index (Phi) is 6.57. The first kappa shape index (κ1) is 22.4. The molecule has 0 unspecified atom stereocenters. The fraction of sp³-hybridized carbons (Fsp3) is 0.136. The van der Waals surface area contributed by atoms with Crippen LogP contribution >= 0.6 is 23.2 Å². The molecule has 4 rings (SSSR count). The Morgan fingerprint density at radius 3 is 2.44 bits per heavy atom. The number of ether oxygens (including phenoxy) is 2. The topological polar surface area (TPSA) is 84.9 Å². The van der Waals surface area contributed by atoms with Gasteiger partial charge in [0, 0.05) is 28.3 Å². The van der Waals surface area contributed by atoms with Crippen molar-refractivity contribution < 1.29 is 22.7 Å². The van der Waals surface area contributed by atoms with Gasteiger partial charge in [0.1, 0.15) is 0 Å². The highest BCUT2D eigenvalue weighted by Crippen LogP contribution is 2.34. The fourth-order valence-corrected chi connectivity index (χ4v) is 4.88. The average Bonchev–Trinajstić information content (AvgIpc) is 3.21. The summed E-state index contributed by atoms with van der Waals surface area (Å²) in [6.45, 7) is -0.342. The number of benzene rings is 3. The SMILES string of the molecule is O=C(CN(Cc1cccc(Cl)c1)S(=O)(=O)c1ccc(Cl)cc1)Nc1ccc2c(c1)OCO2. The van der Waals surface area contributed by atoms with E-state index in [1.54, 1.807) is 42.5 Å². The monoisotopic (exact) mass is 492 g/mol. The predicted octanol–water partition coefficient (Wildman–Crippen LogP) is 4.55. The first-order chi connectivity index (χ1) is 15.3. The third-order valence-corrected chi connectivity index (χ3v) is 6.97. The van der Waals surface area contributed by atoms with Gasteiger partial charge in [-0.2, -0.15) is 4.31 Å². The Morgan fingerprint density at radius 1 is 0.938 bits per heavy atom. The van der Waals surface area contributed by atoms with Crippen LogP contribution in [0.15, 0.2) is 71.6 Å². The molecule has 0 spiro atoms. The Hall–Kier alpha value is -2.78. The van der Waals surface area contributed by atoms with Gasteiger partial charge in [0.25, 0.3) is 0 Å². The van der Waals surface area contributed by atoms with Crippen molar-refractivity contribution in [3.63, 3.8) is 0 Å². The first-order valence-corrected chi connectivity index (χ1v) is 11.7. The highest BCUT2D eigenvalue weighted by Gasteiger charge is 2.27. The second kappa shape index (κ2) is 9.38. The summed E-state index contributed by atoms with van der Waals surface area (Å²) in [6.07, 6.45) is 0. The lowest BCUT2D eigenvalue weighted by atomic mass is 10.2. The van der Waals surface area contributed by atoms with E-state index in [1.165, 1.54) is 24.3 Å². The van der Waals surface area contributed by atoms with Crippen molar-refractivity contribution in [2.75, 3.05) is 18.7 Å². The maximum Gasteiger partial charge on any atom is 0.243 e. The van der Waals surface area contributed by atoms with Crippen LogP contribution in [-0.4, -0.2) is 32.0 Å². The van der Waals surface area contributed by atoms with Gasteiger partial charge in [-0.15, -0.1) is 0 Å². The molecule has 0 bridgehead atoms. The van der Waals surface area contributed by atoms with Gasteiger partial charge in [0.2, 0.25) is 22.7 Å². The molecule has 1 amide bonds. The number of rotatable bonds is 7. The Bertz CT molecular complexity index is 1250. The van der Waals surface area contributed by atoms with Crippen LogP contribution in [0.1, 0.15) is 5.56 Å². The van der Waals surface area contributed by atoms with Gasteiger partial charge >= 0.3 is 0 Å². The zero-order chi connectivity index (χ0) is 22.7. The van der Waals surface area contributed by atoms with Crippen molar-refractivity contribution in [2.45, 2.75) is 11.4 Å². The van der Waals surface area contributed by atoms with E-state index in [0.29, 0.717) is 32.8 Å². The molecular formula is C22H18Cl2N2O5S. The minimum absolute atomic E-state index is 0.0276. The lowest BCUT2D eigenvalue weighted by Gasteiger charge is -2.22. The number of hydrogen-bond donors (Lipinski definition) is 1. The second-order valence-electron chi connectivity index (χ2n) is 6.97. The van der Waals surface area contributed by atoms with Crippen molar-refractivity contribution in [3.05, 3.63) is 82.3 Å². The summed E-state index contributed by atoms with van der Waals surface area (Å²) in [5.41, 5.74) is 1.11. The van der Waals surface area contributed by atoms with E-state index >= 15 is 0 Å². The van der Waals surface area contributed by atoms with Crippen molar-refractivity contribution in [1.82, 2.24) is 4.31 Å². The van der Waals surface area contributed by atoms with Crippen LogP contribution in [0.5, 0.6) is 11.5 Å². The van der Waals surface area contributed by atoms with E-state index in [9.17, 15) is 13.2 Å². The second-order valence-corrected chi connectivity index (χ2v) is 9.78. The standard InChI is InChI=1S/C22H18Cl2N2O5S/c23-16-4-7-19(8-5-16)32(28,29)26(12-15-2-1-3-17(24)10-15)13-22(27)25-18-6-9-20-21(11-18)31-14-30-20/h1-11H,12-14H2,(H,25,27). The normalized spacial score (nSPS) is 12.7. The predicted molar refractivity (Wildman–Crippen MR) is 122 cm³/mol. The van der Waals surface area contributed by atoms with Crippen LogP contribution in [0.4, 0.5) is 5.69 Å². The van der Waals surface area contributed by atoms with Gasteiger partial charge in [-0.1, -0.05) is 35.3 Å². The van der Waals surface area contributed by atoms with E-state index in [0.717, 1.165) is 4.31 Å². The maximum absolute atomic E-state index is 13.3. The number of carbonyl (C=O) groups is 1. The maximum atomic E-state index is 13.3. The molecule has 3 aromatic rings. The number of anilines is 1. The van der Waals surface area contributed by atoms with Gasteiger partial charge in [0.05, 0.1) is 11.4 Å². The molecule has 7 nitrogen and oxygen atoms in total. The summed E-state index contributed by atoms with van der Waals surface area (Å²) >= 11 is 11.9. The molecule has 10 heteroatoms. The number of nitrogens with zero attached hydrogens (tertiary/aromatic N) is 1. The lowest BCUT2D eigenvalue weighted by Crippen LogP contribution is -2.37. The van der Waals surface area contributed by atoms with Crippen molar-refractivity contribution in [3.8, 4) is 11.5 Å². The molecule has 1 aliphatic heterocycles. The number of nitrogens with one attached hydrogen (secondary N) is 1. The van der Waals surface area contributed by atoms with Crippen molar-refractivity contribution in [2.24, 2.45) is 0 Å². The summed E-state index contributed by atoms with van der Waals surface area (Å²) in [7, 11) is -4.00. The number of hydrogen-bond acceptors (Lipinski definition) is 5. The fourth-order valence-electron chi connectivity index (χ4n) is 3.16. The molecule has 0 aromatic heterocycles. The minimum atomic E-state index is -4.00. The third kappa shape index (κ3) is 5.16. The number of carbonyl (C=O) groups excluding carboxylic acids is 1. The highest BCUT2D eigenvalue weighted by atomic mass is 35.5. The van der Waals surface area contributed by atoms with Gasteiger partial charge in [-0.25, -0.2) is 8.42 Å². The molecule has 166 valence electrons. The zero-order valence-electron chi connectivity index (χ0n) is 16.6. The van der Waals surface area contributed by atoms with Crippen molar-refractivity contribution >= 4 is 44.8 Å². The van der Waals surface area contributed by atoms with Gasteiger partial charge in [-0.3, -0.25) is 4.79 Å². The first-order valence-electron chi connectivity index (χ1n) is 9.51. The Morgan fingerprint density at radius 2 is 1.69 bits per heavy atom. The van der Waals surface area contributed by atoms with Crippen LogP contribution in [0.2, 0.25) is 10.0 Å². The minimum Gasteiger partial charge on any atom is -0.454 e. The number of amides is 1. The highest BCUT2D eigenvalue weighted by molar-refractivity contribution is 7.89. The van der Waals surface area contributed by atoms with E-state index < -0.39 is 22.5 Å². The molecule has 1 N–H and O–H groups in total. The van der Waals surface area contributed by atoms with Crippen LogP contribution in [0.3, 0.4) is 0 Å². The summed E-state index contributed by atoms with van der Waals surface area (Å²) in [5.74, 6) is 0.576. The molecule has 0 saturated carbocycles. The molecular weight excluding hydrogens is 475 g/mol. The van der Waals surface area contributed by atoms with Crippen LogP contribution < -0.4 is 14.8 Å². The van der Waals surface area contributed by atoms with E-state index in [-0.39, 0.29) is 18.2 Å². The van der Waals surface area contributed by atoms with Gasteiger partial charge < -0.3 is 14.8 Å². The van der Waals surface area contributed by atoms with E-state index in [4.69, 9.17) is 32.7 Å². The number of fused-ring (bicyclic) bond motifs is 1. The van der Waals surface area contributed by atoms with Crippen LogP contribution in [0.25, 0.3) is 0 Å². The molecule has 0 saturated heterocycles. The van der Waals surface area contributed by atoms with Crippen LogP contribution in [-0.2, 0) is 21.4 Å². The number of sulfonamides is 1. The molecule has 0 atom stereocenters. The molecule has 0 fully saturated rings. The molecule has 1 aliphatic rings. The van der Waals surface area contributed by atoms with Gasteiger partial charge in [-0.05, 0) is 54.1 Å². The number of halogens is 2. The molecule has 3 aromatic carbocycles. The molecule has 1 heterocycles. The van der Waals surface area contributed by atoms with E-state index in [1.807, 2.05) is 0 Å². The molecule has 0 radical (unpaired) electrons. The zero-order valence-corrected chi connectivity index (χ0v) is 19.0. The quantitative estimate of drug-likeness (QED) is 0.522. The summed E-state index contributed by atoms with van der Waals surface area (Å²) in [4.78, 5) is 12.8. The smallest absolute Gasteiger partial charge is 0.243 e. The Balaban J connectivity index is 1.58. The van der Waals surface area contributed by atoms with Crippen LogP contribution in [0, 0.1) is 0 Å². The molecule has 0 aliphatic carbocycles. The van der Waals surface area contributed by atoms with Crippen molar-refractivity contribution in [1.29, 1.82) is 0 Å².